The highest BCUT2D eigenvalue weighted by atomic mass is 16.4. The van der Waals surface area contributed by atoms with Crippen LogP contribution >= 0.6 is 0 Å². The summed E-state index contributed by atoms with van der Waals surface area (Å²) >= 11 is 0. The molecule has 1 aliphatic rings. The maximum atomic E-state index is 12.1. The molecule has 0 aromatic heterocycles. The molecule has 0 saturated carbocycles. The number of anilines is 1. The van der Waals surface area contributed by atoms with Crippen LogP contribution in [-0.2, 0) is 11.3 Å². The third-order valence-corrected chi connectivity index (χ3v) is 3.68. The van der Waals surface area contributed by atoms with Gasteiger partial charge in [-0.3, -0.25) is 4.79 Å². The summed E-state index contributed by atoms with van der Waals surface area (Å²) in [5.41, 5.74) is 6.70. The summed E-state index contributed by atoms with van der Waals surface area (Å²) in [6.45, 7) is 1.01. The van der Waals surface area contributed by atoms with Crippen molar-refractivity contribution in [2.24, 2.45) is 0 Å². The quantitative estimate of drug-likeness (QED) is 0.829. The first-order valence-corrected chi connectivity index (χ1v) is 6.98. The van der Waals surface area contributed by atoms with Gasteiger partial charge in [-0.2, -0.15) is 0 Å². The van der Waals surface area contributed by atoms with E-state index >= 15 is 0 Å². The number of benzene rings is 1. The molecule has 2 rings (SSSR count). The predicted octanol–water partition coefficient (Wildman–Crippen LogP) is 2.26. The molecule has 0 radical (unpaired) electrons. The highest BCUT2D eigenvalue weighted by Gasteiger charge is 2.20. The Morgan fingerprint density at radius 3 is 2.75 bits per heavy atom. The van der Waals surface area contributed by atoms with Crippen molar-refractivity contribution in [3.63, 3.8) is 0 Å². The van der Waals surface area contributed by atoms with E-state index in [1.807, 2.05) is 0 Å². The standard InChI is InChI=1S/C15H20N2O3/c16-12-7-5-6-11(14(12)15(19)20)10-17-9-4-2-1-3-8-13(17)18/h5-7H,1-4,8-10,16H2,(H,19,20). The second-order valence-corrected chi connectivity index (χ2v) is 5.17. The largest absolute Gasteiger partial charge is 0.478 e. The van der Waals surface area contributed by atoms with E-state index in [2.05, 4.69) is 0 Å². The van der Waals surface area contributed by atoms with Crippen LogP contribution in [0.3, 0.4) is 0 Å². The van der Waals surface area contributed by atoms with Gasteiger partial charge in [-0.05, 0) is 24.5 Å². The molecule has 5 nitrogen and oxygen atoms in total. The SMILES string of the molecule is Nc1cccc(CN2CCCCCCC2=O)c1C(=O)O. The number of nitrogens with zero attached hydrogens (tertiary/aromatic N) is 1. The van der Waals surface area contributed by atoms with Crippen molar-refractivity contribution in [3.05, 3.63) is 29.3 Å². The number of rotatable bonds is 3. The minimum Gasteiger partial charge on any atom is -0.478 e. The van der Waals surface area contributed by atoms with Crippen molar-refractivity contribution >= 4 is 17.6 Å². The molecule has 5 heteroatoms. The van der Waals surface area contributed by atoms with Crippen molar-refractivity contribution in [1.82, 2.24) is 4.90 Å². The number of hydrogen-bond donors (Lipinski definition) is 2. The lowest BCUT2D eigenvalue weighted by Crippen LogP contribution is -2.33. The molecule has 1 heterocycles. The minimum atomic E-state index is -1.04. The van der Waals surface area contributed by atoms with Crippen LogP contribution < -0.4 is 5.73 Å². The van der Waals surface area contributed by atoms with Gasteiger partial charge in [0.15, 0.2) is 0 Å². The zero-order valence-electron chi connectivity index (χ0n) is 11.5. The molecule has 0 bridgehead atoms. The van der Waals surface area contributed by atoms with E-state index in [1.165, 1.54) is 0 Å². The fourth-order valence-electron chi connectivity index (χ4n) is 2.60. The Kier molecular flexibility index (Phi) is 4.61. The first kappa shape index (κ1) is 14.4. The molecule has 1 aromatic carbocycles. The second-order valence-electron chi connectivity index (χ2n) is 5.17. The Labute approximate surface area is 118 Å². The van der Waals surface area contributed by atoms with Gasteiger partial charge in [-0.15, -0.1) is 0 Å². The number of carboxylic acid groups (broad SMARTS) is 1. The molecule has 20 heavy (non-hydrogen) atoms. The third kappa shape index (κ3) is 3.29. The van der Waals surface area contributed by atoms with Crippen molar-refractivity contribution in [2.75, 3.05) is 12.3 Å². The normalized spacial score (nSPS) is 16.6. The van der Waals surface area contributed by atoms with Crippen LogP contribution in [0.2, 0.25) is 0 Å². The minimum absolute atomic E-state index is 0.100. The fraction of sp³-hybridized carbons (Fsp3) is 0.467. The number of likely N-dealkylation sites (tertiary alicyclic amines) is 1. The molecule has 1 saturated heterocycles. The van der Waals surface area contributed by atoms with Gasteiger partial charge >= 0.3 is 5.97 Å². The average molecular weight is 276 g/mol. The summed E-state index contributed by atoms with van der Waals surface area (Å²) in [6.07, 6.45) is 4.64. The molecule has 3 N–H and O–H groups in total. The van der Waals surface area contributed by atoms with Gasteiger partial charge in [-0.1, -0.05) is 25.0 Å². The lowest BCUT2D eigenvalue weighted by Gasteiger charge is -2.25. The van der Waals surface area contributed by atoms with E-state index in [9.17, 15) is 14.7 Å². The van der Waals surface area contributed by atoms with E-state index in [-0.39, 0.29) is 17.2 Å². The van der Waals surface area contributed by atoms with E-state index in [0.717, 1.165) is 25.7 Å². The first-order valence-electron chi connectivity index (χ1n) is 6.98. The van der Waals surface area contributed by atoms with Gasteiger partial charge in [0, 0.05) is 25.2 Å². The zero-order valence-corrected chi connectivity index (χ0v) is 11.5. The molecule has 1 aromatic rings. The van der Waals surface area contributed by atoms with Crippen molar-refractivity contribution in [2.45, 2.75) is 38.6 Å². The van der Waals surface area contributed by atoms with Crippen molar-refractivity contribution in [1.29, 1.82) is 0 Å². The maximum absolute atomic E-state index is 12.1. The third-order valence-electron chi connectivity index (χ3n) is 3.68. The van der Waals surface area contributed by atoms with Crippen LogP contribution in [0.4, 0.5) is 5.69 Å². The van der Waals surface area contributed by atoms with Crippen LogP contribution in [0.25, 0.3) is 0 Å². The smallest absolute Gasteiger partial charge is 0.338 e. The van der Waals surface area contributed by atoms with E-state index in [4.69, 9.17) is 5.73 Å². The number of amides is 1. The Morgan fingerprint density at radius 1 is 1.25 bits per heavy atom. The van der Waals surface area contributed by atoms with Crippen LogP contribution in [0, 0.1) is 0 Å². The molecule has 0 spiro atoms. The fourth-order valence-corrected chi connectivity index (χ4v) is 2.60. The number of carbonyl (C=O) groups excluding carboxylic acids is 1. The molecule has 0 unspecified atom stereocenters. The molecular weight excluding hydrogens is 256 g/mol. The van der Waals surface area contributed by atoms with Gasteiger partial charge in [-0.25, -0.2) is 4.79 Å². The summed E-state index contributed by atoms with van der Waals surface area (Å²) in [4.78, 5) is 25.1. The van der Waals surface area contributed by atoms with E-state index in [0.29, 0.717) is 25.1 Å². The summed E-state index contributed by atoms with van der Waals surface area (Å²) in [7, 11) is 0. The van der Waals surface area contributed by atoms with E-state index < -0.39 is 5.97 Å². The Hall–Kier alpha value is -2.04. The topological polar surface area (TPSA) is 83.6 Å². The molecule has 1 aliphatic heterocycles. The summed E-state index contributed by atoms with van der Waals surface area (Å²) in [6, 6.07) is 5.03. The molecule has 1 fully saturated rings. The number of nitrogens with two attached hydrogens (primary N) is 1. The first-order chi connectivity index (χ1) is 9.59. The maximum Gasteiger partial charge on any atom is 0.338 e. The molecule has 0 aliphatic carbocycles. The van der Waals surface area contributed by atoms with Crippen LogP contribution in [0.1, 0.15) is 48.0 Å². The summed E-state index contributed by atoms with van der Waals surface area (Å²) < 4.78 is 0. The van der Waals surface area contributed by atoms with E-state index in [1.54, 1.807) is 23.1 Å². The summed E-state index contributed by atoms with van der Waals surface area (Å²) in [5, 5.41) is 9.26. The van der Waals surface area contributed by atoms with Gasteiger partial charge in [0.05, 0.1) is 5.56 Å². The highest BCUT2D eigenvalue weighted by molar-refractivity contribution is 5.95. The van der Waals surface area contributed by atoms with Crippen molar-refractivity contribution < 1.29 is 14.7 Å². The van der Waals surface area contributed by atoms with Gasteiger partial charge < -0.3 is 15.7 Å². The molecular formula is C15H20N2O3. The molecule has 1 amide bonds. The zero-order chi connectivity index (χ0) is 14.5. The predicted molar refractivity (Wildman–Crippen MR) is 76.3 cm³/mol. The van der Waals surface area contributed by atoms with Gasteiger partial charge in [0.1, 0.15) is 0 Å². The van der Waals surface area contributed by atoms with Gasteiger partial charge in [0.25, 0.3) is 0 Å². The Bertz CT molecular complexity index is 514. The van der Waals surface area contributed by atoms with Crippen LogP contribution in [0.5, 0.6) is 0 Å². The number of carbonyl (C=O) groups is 2. The Balaban J connectivity index is 2.21. The lowest BCUT2D eigenvalue weighted by molar-refractivity contribution is -0.132. The Morgan fingerprint density at radius 2 is 2.00 bits per heavy atom. The average Bonchev–Trinajstić information content (AvgIpc) is 2.38. The molecule has 0 atom stereocenters. The monoisotopic (exact) mass is 276 g/mol. The number of aromatic carboxylic acids is 1. The highest BCUT2D eigenvalue weighted by Crippen LogP contribution is 2.21. The summed E-state index contributed by atoms with van der Waals surface area (Å²) in [5.74, 6) is -0.943. The molecule has 108 valence electrons. The number of hydrogen-bond acceptors (Lipinski definition) is 3. The second kappa shape index (κ2) is 6.41. The number of carboxylic acids is 1. The lowest BCUT2D eigenvalue weighted by atomic mass is 10.0. The van der Waals surface area contributed by atoms with Crippen LogP contribution in [0.15, 0.2) is 18.2 Å². The van der Waals surface area contributed by atoms with Crippen LogP contribution in [-0.4, -0.2) is 28.4 Å². The van der Waals surface area contributed by atoms with Gasteiger partial charge in [0.2, 0.25) is 5.91 Å². The number of nitrogen functional groups attached to an aromatic ring is 1. The van der Waals surface area contributed by atoms with Crippen molar-refractivity contribution in [3.8, 4) is 0 Å².